The zero-order valence-electron chi connectivity index (χ0n) is 11.9. The van der Waals surface area contributed by atoms with E-state index in [1.807, 2.05) is 26.0 Å². The van der Waals surface area contributed by atoms with Gasteiger partial charge in [0.2, 0.25) is 5.91 Å². The molecule has 0 radical (unpaired) electrons. The van der Waals surface area contributed by atoms with Crippen molar-refractivity contribution in [3.63, 3.8) is 0 Å². The van der Waals surface area contributed by atoms with Crippen LogP contribution >= 0.6 is 15.9 Å². The molecule has 4 nitrogen and oxygen atoms in total. The summed E-state index contributed by atoms with van der Waals surface area (Å²) in [5, 5.41) is 6.78. The molecule has 1 heterocycles. The molecule has 0 unspecified atom stereocenters. The number of hydrogen-bond donors (Lipinski definition) is 2. The number of nitrogens with one attached hydrogen (secondary N) is 2. The molecule has 0 saturated heterocycles. The number of anilines is 1. The average Bonchev–Trinajstić information content (AvgIpc) is 2.44. The Kier molecular flexibility index (Phi) is 5.12. The molecule has 2 aromatic rings. The number of aromatic nitrogens is 1. The van der Waals surface area contributed by atoms with Crippen LogP contribution in [0, 0.1) is 11.7 Å². The SMILES string of the molecule is CC(C)C(=O)NCCNc1ccc2cc(Br)c(F)cc2n1. The number of hydrogen-bond acceptors (Lipinski definition) is 3. The number of pyridine rings is 1. The first-order chi connectivity index (χ1) is 9.97. The highest BCUT2D eigenvalue weighted by atomic mass is 79.9. The van der Waals surface area contributed by atoms with Crippen LogP contribution < -0.4 is 10.6 Å². The van der Waals surface area contributed by atoms with Gasteiger partial charge in [-0.2, -0.15) is 0 Å². The molecule has 6 heteroatoms. The Morgan fingerprint density at radius 3 is 2.81 bits per heavy atom. The third kappa shape index (κ3) is 4.14. The third-order valence-electron chi connectivity index (χ3n) is 2.99. The van der Waals surface area contributed by atoms with Crippen molar-refractivity contribution >= 4 is 38.6 Å². The van der Waals surface area contributed by atoms with Crippen LogP contribution in [0.5, 0.6) is 0 Å². The van der Waals surface area contributed by atoms with Gasteiger partial charge >= 0.3 is 0 Å². The highest BCUT2D eigenvalue weighted by Gasteiger charge is 2.06. The molecule has 2 N–H and O–H groups in total. The number of amides is 1. The number of benzene rings is 1. The Hall–Kier alpha value is -1.69. The monoisotopic (exact) mass is 353 g/mol. The lowest BCUT2D eigenvalue weighted by atomic mass is 10.2. The van der Waals surface area contributed by atoms with Gasteiger partial charge in [-0.1, -0.05) is 13.8 Å². The fourth-order valence-electron chi connectivity index (χ4n) is 1.80. The van der Waals surface area contributed by atoms with Gasteiger partial charge in [-0.25, -0.2) is 9.37 Å². The van der Waals surface area contributed by atoms with Crippen LogP contribution in [0.4, 0.5) is 10.2 Å². The topological polar surface area (TPSA) is 54.0 Å². The van der Waals surface area contributed by atoms with Crippen molar-refractivity contribution < 1.29 is 9.18 Å². The van der Waals surface area contributed by atoms with Crippen molar-refractivity contribution in [1.29, 1.82) is 0 Å². The highest BCUT2D eigenvalue weighted by molar-refractivity contribution is 9.10. The summed E-state index contributed by atoms with van der Waals surface area (Å²) in [6, 6.07) is 6.80. The molecule has 0 aliphatic carbocycles. The molecule has 0 fully saturated rings. The maximum atomic E-state index is 13.5. The maximum Gasteiger partial charge on any atom is 0.222 e. The van der Waals surface area contributed by atoms with Crippen molar-refractivity contribution in [3.8, 4) is 0 Å². The Labute approximate surface area is 131 Å². The largest absolute Gasteiger partial charge is 0.368 e. The zero-order chi connectivity index (χ0) is 15.4. The van der Waals surface area contributed by atoms with Gasteiger partial charge in [-0.15, -0.1) is 0 Å². The van der Waals surface area contributed by atoms with E-state index in [1.165, 1.54) is 6.07 Å². The highest BCUT2D eigenvalue weighted by Crippen LogP contribution is 2.23. The molecule has 0 aliphatic heterocycles. The number of halogens is 2. The van der Waals surface area contributed by atoms with Gasteiger partial charge in [-0.3, -0.25) is 4.79 Å². The summed E-state index contributed by atoms with van der Waals surface area (Å²) in [4.78, 5) is 15.7. The van der Waals surface area contributed by atoms with E-state index in [1.54, 1.807) is 6.07 Å². The summed E-state index contributed by atoms with van der Waals surface area (Å²) in [7, 11) is 0. The van der Waals surface area contributed by atoms with Crippen LogP contribution in [0.3, 0.4) is 0 Å². The van der Waals surface area contributed by atoms with E-state index in [2.05, 4.69) is 31.5 Å². The predicted molar refractivity (Wildman–Crippen MR) is 85.7 cm³/mol. The van der Waals surface area contributed by atoms with Crippen LogP contribution in [0.15, 0.2) is 28.7 Å². The van der Waals surface area contributed by atoms with E-state index in [4.69, 9.17) is 0 Å². The lowest BCUT2D eigenvalue weighted by Crippen LogP contribution is -2.31. The first kappa shape index (κ1) is 15.7. The van der Waals surface area contributed by atoms with Crippen LogP contribution in [-0.2, 0) is 4.79 Å². The molecule has 112 valence electrons. The van der Waals surface area contributed by atoms with Crippen molar-refractivity contribution in [1.82, 2.24) is 10.3 Å². The Balaban J connectivity index is 1.97. The third-order valence-corrected chi connectivity index (χ3v) is 3.59. The van der Waals surface area contributed by atoms with Crippen LogP contribution in [0.1, 0.15) is 13.8 Å². The summed E-state index contributed by atoms with van der Waals surface area (Å²) >= 11 is 3.15. The predicted octanol–water partition coefficient (Wildman–Crippen LogP) is 3.32. The van der Waals surface area contributed by atoms with E-state index in [0.29, 0.717) is 28.9 Å². The van der Waals surface area contributed by atoms with E-state index < -0.39 is 0 Å². The second-order valence-corrected chi connectivity index (χ2v) is 5.88. The standard InChI is InChI=1S/C15H17BrFN3O/c1-9(2)15(21)19-6-5-18-14-4-3-10-7-11(16)12(17)8-13(10)20-14/h3-4,7-9H,5-6H2,1-2H3,(H,18,20)(H,19,21). The second kappa shape index (κ2) is 6.85. The molecule has 1 aromatic carbocycles. The van der Waals surface area contributed by atoms with Gasteiger partial charge in [0, 0.05) is 30.5 Å². The number of nitrogens with zero attached hydrogens (tertiary/aromatic N) is 1. The minimum atomic E-state index is -0.337. The van der Waals surface area contributed by atoms with Gasteiger partial charge in [-0.05, 0) is 34.1 Å². The van der Waals surface area contributed by atoms with Gasteiger partial charge in [0.05, 0.1) is 9.99 Å². The molecular weight excluding hydrogens is 337 g/mol. The van der Waals surface area contributed by atoms with E-state index in [0.717, 1.165) is 5.39 Å². The lowest BCUT2D eigenvalue weighted by molar-refractivity contribution is -0.123. The minimum Gasteiger partial charge on any atom is -0.368 e. The first-order valence-corrected chi connectivity index (χ1v) is 7.54. The van der Waals surface area contributed by atoms with Crippen molar-refractivity contribution in [2.45, 2.75) is 13.8 Å². The summed E-state index contributed by atoms with van der Waals surface area (Å²) in [6.45, 7) is 4.78. The van der Waals surface area contributed by atoms with Gasteiger partial charge in [0.25, 0.3) is 0 Å². The number of carbonyl (C=O) groups is 1. The van der Waals surface area contributed by atoms with Gasteiger partial charge in [0.15, 0.2) is 0 Å². The minimum absolute atomic E-state index is 0.0229. The summed E-state index contributed by atoms with van der Waals surface area (Å²) in [6.07, 6.45) is 0. The first-order valence-electron chi connectivity index (χ1n) is 6.75. The van der Waals surface area contributed by atoms with Crippen molar-refractivity contribution in [2.24, 2.45) is 5.92 Å². The molecule has 0 aliphatic rings. The number of fused-ring (bicyclic) bond motifs is 1. The summed E-state index contributed by atoms with van der Waals surface area (Å²) in [5.74, 6) is 0.319. The second-order valence-electron chi connectivity index (χ2n) is 5.03. The molecule has 0 spiro atoms. The van der Waals surface area contributed by atoms with Gasteiger partial charge < -0.3 is 10.6 Å². The fraction of sp³-hybridized carbons (Fsp3) is 0.333. The molecular formula is C15H17BrFN3O. The molecule has 0 saturated carbocycles. The maximum absolute atomic E-state index is 13.5. The smallest absolute Gasteiger partial charge is 0.222 e. The number of rotatable bonds is 5. The Bertz CT molecular complexity index is 661. The zero-order valence-corrected chi connectivity index (χ0v) is 13.5. The van der Waals surface area contributed by atoms with Crippen molar-refractivity contribution in [3.05, 3.63) is 34.6 Å². The van der Waals surface area contributed by atoms with Crippen molar-refractivity contribution in [2.75, 3.05) is 18.4 Å². The molecule has 1 amide bonds. The Morgan fingerprint density at radius 1 is 1.33 bits per heavy atom. The molecule has 21 heavy (non-hydrogen) atoms. The summed E-state index contributed by atoms with van der Waals surface area (Å²) < 4.78 is 13.9. The van der Waals surface area contributed by atoms with E-state index in [-0.39, 0.29) is 17.6 Å². The fourth-order valence-corrected chi connectivity index (χ4v) is 2.16. The summed E-state index contributed by atoms with van der Waals surface area (Å²) in [5.41, 5.74) is 0.590. The lowest BCUT2D eigenvalue weighted by Gasteiger charge is -2.09. The molecule has 0 bridgehead atoms. The molecule has 2 rings (SSSR count). The molecule has 0 atom stereocenters. The molecule has 1 aromatic heterocycles. The quantitative estimate of drug-likeness (QED) is 0.810. The van der Waals surface area contributed by atoms with E-state index in [9.17, 15) is 9.18 Å². The van der Waals surface area contributed by atoms with Crippen LogP contribution in [-0.4, -0.2) is 24.0 Å². The van der Waals surface area contributed by atoms with Crippen LogP contribution in [0.2, 0.25) is 0 Å². The average molecular weight is 354 g/mol. The Morgan fingerprint density at radius 2 is 2.10 bits per heavy atom. The normalized spacial score (nSPS) is 10.9. The van der Waals surface area contributed by atoms with E-state index >= 15 is 0 Å². The van der Waals surface area contributed by atoms with Gasteiger partial charge in [0.1, 0.15) is 11.6 Å². The van der Waals surface area contributed by atoms with Crippen LogP contribution in [0.25, 0.3) is 10.9 Å². The number of carbonyl (C=O) groups excluding carboxylic acids is 1.